The summed E-state index contributed by atoms with van der Waals surface area (Å²) in [6.07, 6.45) is 1.23. The van der Waals surface area contributed by atoms with Crippen LogP contribution >= 0.6 is 22.9 Å². The summed E-state index contributed by atoms with van der Waals surface area (Å²) < 4.78 is 10.6. The number of nitrogens with zero attached hydrogens (tertiary/aromatic N) is 1. The first-order chi connectivity index (χ1) is 14.3. The zero-order valence-electron chi connectivity index (χ0n) is 17.4. The number of esters is 1. The summed E-state index contributed by atoms with van der Waals surface area (Å²) in [6, 6.07) is 8.77. The number of aliphatic hydroxyl groups is 1. The number of halogens is 1. The second kappa shape index (κ2) is 11.2. The number of carbonyl (C=O) groups is 2. The Labute approximate surface area is 185 Å². The Morgan fingerprint density at radius 1 is 1.23 bits per heavy atom. The number of para-hydroxylation sites is 1. The van der Waals surface area contributed by atoms with E-state index in [2.05, 4.69) is 0 Å². The van der Waals surface area contributed by atoms with Gasteiger partial charge in [0.1, 0.15) is 16.9 Å². The normalized spacial score (nSPS) is 12.2. The third-order valence-electron chi connectivity index (χ3n) is 4.15. The molecule has 1 amide bonds. The van der Waals surface area contributed by atoms with Crippen LogP contribution in [0.3, 0.4) is 0 Å². The van der Waals surface area contributed by atoms with E-state index in [9.17, 15) is 14.7 Å². The molecule has 0 bridgehead atoms. The van der Waals surface area contributed by atoms with Gasteiger partial charge in [0.25, 0.3) is 5.91 Å². The highest BCUT2D eigenvalue weighted by Gasteiger charge is 2.27. The number of hydrogen-bond donors (Lipinski definition) is 1. The minimum Gasteiger partial charge on any atom is -0.496 e. The van der Waals surface area contributed by atoms with Gasteiger partial charge in [-0.3, -0.25) is 9.69 Å². The highest BCUT2D eigenvalue weighted by atomic mass is 35.5. The third-order valence-corrected chi connectivity index (χ3v) is 5.45. The van der Waals surface area contributed by atoms with E-state index in [0.29, 0.717) is 32.8 Å². The number of carbonyl (C=O) groups excluding carboxylic acids is 2. The molecule has 1 heterocycles. The molecule has 2 rings (SSSR count). The average molecular weight is 452 g/mol. The minimum absolute atomic E-state index is 0.141. The summed E-state index contributed by atoms with van der Waals surface area (Å²) in [5, 5.41) is 11.6. The van der Waals surface area contributed by atoms with Crippen LogP contribution in [0.4, 0.5) is 5.00 Å². The van der Waals surface area contributed by atoms with Crippen LogP contribution in [0.5, 0.6) is 5.75 Å². The molecule has 0 saturated heterocycles. The molecule has 1 aromatic heterocycles. The first kappa shape index (κ1) is 23.9. The largest absolute Gasteiger partial charge is 0.496 e. The van der Waals surface area contributed by atoms with Crippen molar-refractivity contribution in [2.24, 2.45) is 5.92 Å². The lowest BCUT2D eigenvalue weighted by atomic mass is 10.0. The van der Waals surface area contributed by atoms with Gasteiger partial charge in [-0.2, -0.15) is 0 Å². The van der Waals surface area contributed by atoms with Crippen molar-refractivity contribution in [1.82, 2.24) is 0 Å². The van der Waals surface area contributed by atoms with Crippen LogP contribution in [0.15, 0.2) is 42.5 Å². The summed E-state index contributed by atoms with van der Waals surface area (Å²) >= 11 is 7.46. The first-order valence-electron chi connectivity index (χ1n) is 9.55. The number of methoxy groups -OCH3 is 1. The molecule has 0 aliphatic carbocycles. The fourth-order valence-corrected chi connectivity index (χ4v) is 4.16. The number of thiophene rings is 1. The molecule has 2 aromatic rings. The number of ether oxygens (including phenoxy) is 2. The molecule has 0 fully saturated rings. The molecule has 1 unspecified atom stereocenters. The lowest BCUT2D eigenvalue weighted by Gasteiger charge is -2.25. The first-order valence-corrected chi connectivity index (χ1v) is 10.7. The third kappa shape index (κ3) is 6.08. The molecule has 1 N–H and O–H groups in total. The van der Waals surface area contributed by atoms with Gasteiger partial charge in [0, 0.05) is 29.8 Å². The van der Waals surface area contributed by atoms with E-state index in [1.807, 2.05) is 19.9 Å². The highest BCUT2D eigenvalue weighted by molar-refractivity contribution is 7.20. The minimum atomic E-state index is -1.05. The number of hydrogen-bond acceptors (Lipinski definition) is 6. The maximum atomic E-state index is 12.9. The van der Waals surface area contributed by atoms with Crippen molar-refractivity contribution < 1.29 is 24.2 Å². The van der Waals surface area contributed by atoms with Crippen molar-refractivity contribution in [3.05, 3.63) is 57.9 Å². The summed E-state index contributed by atoms with van der Waals surface area (Å²) in [5.41, 5.74) is 1.06. The summed E-state index contributed by atoms with van der Waals surface area (Å²) in [6.45, 7) is 6.25. The molecule has 6 nitrogen and oxygen atoms in total. The van der Waals surface area contributed by atoms with Crippen LogP contribution in [0.2, 0.25) is 4.34 Å². The predicted octanol–water partition coefficient (Wildman–Crippen LogP) is 4.60. The van der Waals surface area contributed by atoms with E-state index in [1.165, 1.54) is 29.4 Å². The number of benzene rings is 1. The van der Waals surface area contributed by atoms with Crippen LogP contribution in [0.1, 0.15) is 38.0 Å². The Balaban J connectivity index is 2.45. The summed E-state index contributed by atoms with van der Waals surface area (Å²) in [5.74, 6) is -0.318. The molecule has 8 heteroatoms. The Bertz CT molecular complexity index is 909. The smallest absolute Gasteiger partial charge is 0.330 e. The molecule has 30 heavy (non-hydrogen) atoms. The maximum absolute atomic E-state index is 12.9. The van der Waals surface area contributed by atoms with Gasteiger partial charge in [0.15, 0.2) is 0 Å². The fraction of sp³-hybridized carbons (Fsp3) is 0.364. The van der Waals surface area contributed by atoms with Gasteiger partial charge in [-0.05, 0) is 25.0 Å². The van der Waals surface area contributed by atoms with Crippen LogP contribution in [-0.4, -0.2) is 37.2 Å². The van der Waals surface area contributed by atoms with Crippen molar-refractivity contribution in [2.45, 2.75) is 26.9 Å². The van der Waals surface area contributed by atoms with Crippen molar-refractivity contribution in [2.75, 3.05) is 25.2 Å². The molecule has 0 aliphatic heterocycles. The van der Waals surface area contributed by atoms with Gasteiger partial charge in [-0.25, -0.2) is 4.79 Å². The van der Waals surface area contributed by atoms with E-state index in [0.717, 1.165) is 6.08 Å². The van der Waals surface area contributed by atoms with Gasteiger partial charge in [0.2, 0.25) is 0 Å². The SMILES string of the molecule is CCOC(=O)/C=C/C(=O)N(CC(C)C)c1sc(Cl)cc1C(O)c1ccccc1OC. The highest BCUT2D eigenvalue weighted by Crippen LogP contribution is 2.42. The topological polar surface area (TPSA) is 76.1 Å². The molecular weight excluding hydrogens is 426 g/mol. The van der Waals surface area contributed by atoms with Crippen molar-refractivity contribution in [3.63, 3.8) is 0 Å². The Kier molecular flexibility index (Phi) is 8.89. The number of aliphatic hydroxyl groups excluding tert-OH is 1. The molecule has 0 spiro atoms. The van der Waals surface area contributed by atoms with E-state index in [4.69, 9.17) is 21.1 Å². The van der Waals surface area contributed by atoms with Crippen LogP contribution < -0.4 is 9.64 Å². The van der Waals surface area contributed by atoms with Crippen molar-refractivity contribution in [3.8, 4) is 5.75 Å². The van der Waals surface area contributed by atoms with Gasteiger partial charge in [0.05, 0.1) is 18.1 Å². The monoisotopic (exact) mass is 451 g/mol. The predicted molar refractivity (Wildman–Crippen MR) is 119 cm³/mol. The van der Waals surface area contributed by atoms with Crippen LogP contribution in [0.25, 0.3) is 0 Å². The van der Waals surface area contributed by atoms with E-state index >= 15 is 0 Å². The Hall–Kier alpha value is -2.35. The molecule has 0 saturated carbocycles. The molecule has 1 atom stereocenters. The van der Waals surface area contributed by atoms with Crippen molar-refractivity contribution >= 4 is 39.8 Å². The van der Waals surface area contributed by atoms with Gasteiger partial charge >= 0.3 is 5.97 Å². The molecule has 1 aromatic carbocycles. The zero-order chi connectivity index (χ0) is 22.3. The average Bonchev–Trinajstić information content (AvgIpc) is 3.11. The lowest BCUT2D eigenvalue weighted by molar-refractivity contribution is -0.137. The zero-order valence-corrected chi connectivity index (χ0v) is 19.0. The Morgan fingerprint density at radius 3 is 2.57 bits per heavy atom. The second-order valence-corrected chi connectivity index (χ2v) is 8.55. The number of rotatable bonds is 9. The van der Waals surface area contributed by atoms with Crippen LogP contribution in [-0.2, 0) is 14.3 Å². The quantitative estimate of drug-likeness (QED) is 0.445. The van der Waals surface area contributed by atoms with Gasteiger partial charge < -0.3 is 14.6 Å². The lowest BCUT2D eigenvalue weighted by Crippen LogP contribution is -2.33. The van der Waals surface area contributed by atoms with E-state index in [1.54, 1.807) is 31.2 Å². The standard InChI is InChI=1S/C22H26ClNO5S/c1-5-29-20(26)11-10-19(25)24(13-14(2)3)22-16(12-18(23)30-22)21(27)15-8-6-7-9-17(15)28-4/h6-12,14,21,27H,5,13H2,1-4H3/b11-10+. The maximum Gasteiger partial charge on any atom is 0.330 e. The summed E-state index contributed by atoms with van der Waals surface area (Å²) in [4.78, 5) is 26.1. The van der Waals surface area contributed by atoms with Gasteiger partial charge in [-0.15, -0.1) is 11.3 Å². The Morgan fingerprint density at radius 2 is 1.93 bits per heavy atom. The van der Waals surface area contributed by atoms with Gasteiger partial charge in [-0.1, -0.05) is 43.6 Å². The summed E-state index contributed by atoms with van der Waals surface area (Å²) in [7, 11) is 1.53. The van der Waals surface area contributed by atoms with E-state index < -0.39 is 18.0 Å². The second-order valence-electron chi connectivity index (χ2n) is 6.88. The number of anilines is 1. The van der Waals surface area contributed by atoms with Crippen LogP contribution in [0, 0.1) is 5.92 Å². The van der Waals surface area contributed by atoms with Crippen molar-refractivity contribution in [1.29, 1.82) is 0 Å². The molecule has 0 radical (unpaired) electrons. The van der Waals surface area contributed by atoms with E-state index in [-0.39, 0.29) is 12.5 Å². The number of amides is 1. The molecule has 0 aliphatic rings. The fourth-order valence-electron chi connectivity index (χ4n) is 2.89. The molecule has 162 valence electrons. The molecular formula is C22H26ClNO5S.